The SMILES string of the molecule is COc1ccc([C@@H]2N(c3ccccc3)O[C@@H]3C(=O)N(c4cccc([N+](=O)[O-])c4)C(=O)[C@@]32c2ccccc2)cc1. The van der Waals surface area contributed by atoms with Crippen molar-refractivity contribution in [1.82, 2.24) is 0 Å². The Morgan fingerprint density at radius 3 is 2.13 bits per heavy atom. The summed E-state index contributed by atoms with van der Waals surface area (Å²) in [6, 6.07) is 30.4. The molecule has 2 saturated heterocycles. The number of non-ortho nitro benzene ring substituents is 1. The smallest absolute Gasteiger partial charge is 0.271 e. The van der Waals surface area contributed by atoms with Gasteiger partial charge >= 0.3 is 0 Å². The summed E-state index contributed by atoms with van der Waals surface area (Å²) in [5, 5.41) is 13.1. The Bertz CT molecular complexity index is 1560. The van der Waals surface area contributed by atoms with Crippen LogP contribution in [0.25, 0.3) is 0 Å². The normalized spacial score (nSPS) is 22.2. The van der Waals surface area contributed by atoms with Crippen molar-refractivity contribution < 1.29 is 24.1 Å². The van der Waals surface area contributed by atoms with Gasteiger partial charge in [0.1, 0.15) is 17.2 Å². The highest BCUT2D eigenvalue weighted by Crippen LogP contribution is 2.57. The molecule has 0 bridgehead atoms. The molecule has 4 aromatic carbocycles. The Balaban J connectivity index is 1.60. The van der Waals surface area contributed by atoms with Crippen molar-refractivity contribution in [2.24, 2.45) is 0 Å². The summed E-state index contributed by atoms with van der Waals surface area (Å²) < 4.78 is 5.35. The summed E-state index contributed by atoms with van der Waals surface area (Å²) in [6.45, 7) is 0. The van der Waals surface area contributed by atoms with E-state index in [4.69, 9.17) is 9.57 Å². The first kappa shape index (κ1) is 24.3. The number of ether oxygens (including phenoxy) is 1. The average Bonchev–Trinajstić information content (AvgIpc) is 3.45. The van der Waals surface area contributed by atoms with Crippen LogP contribution in [0.1, 0.15) is 17.2 Å². The van der Waals surface area contributed by atoms with Gasteiger partial charge in [0.15, 0.2) is 6.10 Å². The molecular weight excluding hydrogens is 498 g/mol. The Labute approximate surface area is 223 Å². The average molecular weight is 522 g/mol. The Morgan fingerprint density at radius 2 is 1.49 bits per heavy atom. The number of nitrogens with zero attached hydrogens (tertiary/aromatic N) is 3. The van der Waals surface area contributed by atoms with Gasteiger partial charge in [-0.3, -0.25) is 24.5 Å². The van der Waals surface area contributed by atoms with Gasteiger partial charge in [-0.25, -0.2) is 9.96 Å². The third kappa shape index (κ3) is 3.66. The number of rotatable bonds is 6. The highest BCUT2D eigenvalue weighted by Gasteiger charge is 2.72. The number of hydroxylamine groups is 1. The van der Waals surface area contributed by atoms with Crippen LogP contribution in [-0.4, -0.2) is 30.0 Å². The number of nitro benzene ring substituents is 1. The number of fused-ring (bicyclic) bond motifs is 1. The molecule has 0 saturated carbocycles. The van der Waals surface area contributed by atoms with Crippen LogP contribution in [0.5, 0.6) is 5.75 Å². The van der Waals surface area contributed by atoms with E-state index < -0.39 is 34.3 Å². The van der Waals surface area contributed by atoms with E-state index in [0.717, 1.165) is 10.5 Å². The number of amides is 2. The fourth-order valence-corrected chi connectivity index (χ4v) is 5.56. The first-order valence-electron chi connectivity index (χ1n) is 12.3. The minimum absolute atomic E-state index is 0.118. The van der Waals surface area contributed by atoms with Gasteiger partial charge in [-0.15, -0.1) is 0 Å². The van der Waals surface area contributed by atoms with E-state index in [-0.39, 0.29) is 11.4 Å². The van der Waals surface area contributed by atoms with Crippen LogP contribution in [0, 0.1) is 10.1 Å². The van der Waals surface area contributed by atoms with Crippen molar-refractivity contribution in [2.45, 2.75) is 17.6 Å². The maximum atomic E-state index is 14.7. The summed E-state index contributed by atoms with van der Waals surface area (Å²) in [7, 11) is 1.57. The molecule has 0 aliphatic carbocycles. The van der Waals surface area contributed by atoms with E-state index >= 15 is 0 Å². The zero-order valence-electron chi connectivity index (χ0n) is 20.8. The third-order valence-electron chi connectivity index (χ3n) is 7.29. The van der Waals surface area contributed by atoms with E-state index in [0.29, 0.717) is 17.0 Å². The van der Waals surface area contributed by atoms with Crippen LogP contribution in [-0.2, 0) is 19.8 Å². The lowest BCUT2D eigenvalue weighted by atomic mass is 9.69. The fraction of sp³-hybridized carbons (Fsp3) is 0.133. The number of benzene rings is 4. The molecule has 0 N–H and O–H groups in total. The molecule has 0 spiro atoms. The maximum Gasteiger partial charge on any atom is 0.271 e. The van der Waals surface area contributed by atoms with E-state index in [1.807, 2.05) is 72.8 Å². The molecule has 0 aromatic heterocycles. The van der Waals surface area contributed by atoms with Crippen molar-refractivity contribution >= 4 is 28.9 Å². The highest BCUT2D eigenvalue weighted by atomic mass is 16.7. The van der Waals surface area contributed by atoms with Gasteiger partial charge in [-0.05, 0) is 41.5 Å². The molecule has 2 aliphatic heterocycles. The Kier molecular flexibility index (Phi) is 5.85. The van der Waals surface area contributed by atoms with Crippen molar-refractivity contribution in [1.29, 1.82) is 0 Å². The lowest BCUT2D eigenvalue weighted by molar-refractivity contribution is -0.384. The number of hydrogen-bond acceptors (Lipinski definition) is 7. The van der Waals surface area contributed by atoms with Crippen molar-refractivity contribution in [2.75, 3.05) is 17.1 Å². The molecule has 0 radical (unpaired) electrons. The number of methoxy groups -OCH3 is 1. The number of carbonyl (C=O) groups excluding carboxylic acids is 2. The second kappa shape index (κ2) is 9.38. The zero-order chi connectivity index (χ0) is 27.1. The molecule has 39 heavy (non-hydrogen) atoms. The first-order valence-corrected chi connectivity index (χ1v) is 12.3. The van der Waals surface area contributed by atoms with Crippen molar-refractivity contribution in [3.05, 3.63) is 130 Å². The van der Waals surface area contributed by atoms with Gasteiger partial charge in [-0.1, -0.05) is 66.7 Å². The van der Waals surface area contributed by atoms with Crippen LogP contribution in [0.2, 0.25) is 0 Å². The van der Waals surface area contributed by atoms with E-state index in [1.54, 1.807) is 24.3 Å². The molecule has 6 rings (SSSR count). The van der Waals surface area contributed by atoms with Crippen molar-refractivity contribution in [3.63, 3.8) is 0 Å². The lowest BCUT2D eigenvalue weighted by Crippen LogP contribution is -2.46. The highest BCUT2D eigenvalue weighted by molar-refractivity contribution is 6.28. The third-order valence-corrected chi connectivity index (χ3v) is 7.29. The van der Waals surface area contributed by atoms with Crippen LogP contribution in [0.4, 0.5) is 17.1 Å². The van der Waals surface area contributed by atoms with Gasteiger partial charge in [0, 0.05) is 12.1 Å². The predicted octanol–water partition coefficient (Wildman–Crippen LogP) is 4.98. The van der Waals surface area contributed by atoms with Gasteiger partial charge < -0.3 is 4.74 Å². The molecule has 3 atom stereocenters. The Morgan fingerprint density at radius 1 is 0.846 bits per heavy atom. The second-order valence-electron chi connectivity index (χ2n) is 9.31. The molecule has 4 aromatic rings. The quantitative estimate of drug-likeness (QED) is 0.200. The summed E-state index contributed by atoms with van der Waals surface area (Å²) in [5.41, 5.74) is 0.400. The number of anilines is 2. The fourth-order valence-electron chi connectivity index (χ4n) is 5.56. The summed E-state index contributed by atoms with van der Waals surface area (Å²) in [5.74, 6) is -0.481. The van der Waals surface area contributed by atoms with E-state index in [1.165, 1.54) is 24.3 Å². The first-order chi connectivity index (χ1) is 19.0. The molecule has 2 fully saturated rings. The van der Waals surface area contributed by atoms with Gasteiger partial charge in [0.05, 0.1) is 23.4 Å². The van der Waals surface area contributed by atoms with Crippen LogP contribution in [0.15, 0.2) is 109 Å². The lowest BCUT2D eigenvalue weighted by Gasteiger charge is -2.35. The maximum absolute atomic E-state index is 14.7. The Hall–Kier alpha value is -5.02. The molecule has 0 unspecified atom stereocenters. The van der Waals surface area contributed by atoms with Gasteiger partial charge in [0.25, 0.3) is 11.6 Å². The van der Waals surface area contributed by atoms with Gasteiger partial charge in [-0.2, -0.15) is 0 Å². The summed E-state index contributed by atoms with van der Waals surface area (Å²) in [4.78, 5) is 47.1. The molecule has 2 aliphatic rings. The number of para-hydroxylation sites is 1. The topological polar surface area (TPSA) is 102 Å². The number of nitro groups is 1. The standard InChI is InChI=1S/C30H23N3O6/c1-38-25-17-15-20(16-18-25)26-30(21-9-4-2-5-10-21)27(39-32(26)22-11-6-3-7-12-22)28(34)31(29(30)35)23-13-8-14-24(19-23)33(36)37/h2-19,26-27H,1H3/t26-,27+,30+/m0/s1. The van der Waals surface area contributed by atoms with Crippen molar-refractivity contribution in [3.8, 4) is 5.75 Å². The van der Waals surface area contributed by atoms with E-state index in [2.05, 4.69) is 0 Å². The number of carbonyl (C=O) groups is 2. The van der Waals surface area contributed by atoms with Crippen LogP contribution >= 0.6 is 0 Å². The van der Waals surface area contributed by atoms with Crippen LogP contribution in [0.3, 0.4) is 0 Å². The molecule has 194 valence electrons. The minimum atomic E-state index is -1.49. The largest absolute Gasteiger partial charge is 0.497 e. The summed E-state index contributed by atoms with van der Waals surface area (Å²) >= 11 is 0. The van der Waals surface area contributed by atoms with E-state index in [9.17, 15) is 19.7 Å². The predicted molar refractivity (Wildman–Crippen MR) is 143 cm³/mol. The molecular formula is C30H23N3O6. The molecule has 9 nitrogen and oxygen atoms in total. The second-order valence-corrected chi connectivity index (χ2v) is 9.31. The van der Waals surface area contributed by atoms with Crippen LogP contribution < -0.4 is 14.7 Å². The molecule has 9 heteroatoms. The summed E-state index contributed by atoms with van der Waals surface area (Å²) in [6.07, 6.45) is -1.22. The van der Waals surface area contributed by atoms with Gasteiger partial charge in [0.2, 0.25) is 5.91 Å². The molecule has 2 heterocycles. The monoisotopic (exact) mass is 521 g/mol. The number of imide groups is 1. The number of hydrogen-bond donors (Lipinski definition) is 0. The molecule has 2 amide bonds. The zero-order valence-corrected chi connectivity index (χ0v) is 20.8. The minimum Gasteiger partial charge on any atom is -0.497 e.